The van der Waals surface area contributed by atoms with Crippen molar-refractivity contribution in [1.82, 2.24) is 10.3 Å². The van der Waals surface area contributed by atoms with E-state index in [9.17, 15) is 14.4 Å². The first-order valence-electron chi connectivity index (χ1n) is 13.5. The van der Waals surface area contributed by atoms with Crippen molar-refractivity contribution in [1.29, 1.82) is 0 Å². The van der Waals surface area contributed by atoms with Crippen LogP contribution < -0.4 is 14.8 Å². The Hall–Kier alpha value is -4.70. The molecule has 0 bridgehead atoms. The Morgan fingerprint density at radius 2 is 1.74 bits per heavy atom. The minimum atomic E-state index is -1.31. The molecule has 1 fully saturated rings. The standard InChI is InChI=1S/C32H34N2O8/c1-4-17-39-28-21(2)42-32(37)25(20-41-31(36)24(28)18-22-11-7-5-8-12-22)34-30(35)27-29(26(38-3)15-16-33-27)40-19-23-13-9-6-10-14-23/h4-16,21,24-25,28H,1,17-20H2,2-3H3,(H,34,35). The quantitative estimate of drug-likeness (QED) is 0.270. The molecule has 1 aliphatic rings. The summed E-state index contributed by atoms with van der Waals surface area (Å²) in [6, 6.07) is 19.0. The molecule has 0 radical (unpaired) electrons. The van der Waals surface area contributed by atoms with Crippen LogP contribution >= 0.6 is 0 Å². The first-order valence-corrected chi connectivity index (χ1v) is 13.5. The molecule has 4 atom stereocenters. The van der Waals surface area contributed by atoms with Gasteiger partial charge in [0.05, 0.1) is 19.6 Å². The predicted octanol–water partition coefficient (Wildman–Crippen LogP) is 3.69. The fourth-order valence-corrected chi connectivity index (χ4v) is 4.58. The van der Waals surface area contributed by atoms with Gasteiger partial charge in [0.2, 0.25) is 0 Å². The topological polar surface area (TPSA) is 122 Å². The largest absolute Gasteiger partial charge is 0.493 e. The van der Waals surface area contributed by atoms with Crippen LogP contribution in [0, 0.1) is 5.92 Å². The van der Waals surface area contributed by atoms with Gasteiger partial charge >= 0.3 is 11.9 Å². The number of benzene rings is 2. The molecule has 0 spiro atoms. The molecule has 1 saturated heterocycles. The Kier molecular flexibility index (Phi) is 10.7. The minimum Gasteiger partial charge on any atom is -0.493 e. The Morgan fingerprint density at radius 1 is 1.05 bits per heavy atom. The fraction of sp³-hybridized carbons (Fsp3) is 0.312. The average molecular weight is 575 g/mol. The Balaban J connectivity index is 1.54. The highest BCUT2D eigenvalue weighted by Crippen LogP contribution is 2.30. The van der Waals surface area contributed by atoms with Gasteiger partial charge in [-0.1, -0.05) is 66.7 Å². The van der Waals surface area contributed by atoms with Gasteiger partial charge in [0.25, 0.3) is 5.91 Å². The first kappa shape index (κ1) is 30.3. The number of aromatic nitrogens is 1. The number of carbonyl (C=O) groups is 3. The minimum absolute atomic E-state index is 0.101. The van der Waals surface area contributed by atoms with Gasteiger partial charge in [-0.2, -0.15) is 0 Å². The Bertz CT molecular complexity index is 1370. The molecule has 0 saturated carbocycles. The summed E-state index contributed by atoms with van der Waals surface area (Å²) in [7, 11) is 1.44. The highest BCUT2D eigenvalue weighted by atomic mass is 16.6. The van der Waals surface area contributed by atoms with Gasteiger partial charge in [0.15, 0.2) is 23.2 Å². The smallest absolute Gasteiger partial charge is 0.332 e. The Labute approximate surface area is 244 Å². The van der Waals surface area contributed by atoms with E-state index in [4.69, 9.17) is 23.7 Å². The van der Waals surface area contributed by atoms with Crippen molar-refractivity contribution in [2.75, 3.05) is 20.3 Å². The van der Waals surface area contributed by atoms with Gasteiger partial charge in [-0.25, -0.2) is 9.78 Å². The van der Waals surface area contributed by atoms with E-state index in [0.717, 1.165) is 11.1 Å². The lowest BCUT2D eigenvalue weighted by molar-refractivity contribution is -0.163. The molecule has 2 heterocycles. The number of methoxy groups -OCH3 is 1. The second-order valence-electron chi connectivity index (χ2n) is 9.65. The van der Waals surface area contributed by atoms with Crippen molar-refractivity contribution >= 4 is 17.8 Å². The van der Waals surface area contributed by atoms with Gasteiger partial charge in [-0.05, 0) is 24.5 Å². The van der Waals surface area contributed by atoms with E-state index in [-0.39, 0.29) is 30.4 Å². The summed E-state index contributed by atoms with van der Waals surface area (Å²) in [5.74, 6) is -2.49. The molecule has 4 rings (SSSR count). The highest BCUT2D eigenvalue weighted by Gasteiger charge is 2.40. The Morgan fingerprint density at radius 3 is 2.40 bits per heavy atom. The summed E-state index contributed by atoms with van der Waals surface area (Å²) in [6.07, 6.45) is 1.59. The molecule has 220 valence electrons. The van der Waals surface area contributed by atoms with E-state index in [0.29, 0.717) is 6.42 Å². The normalized spacial score (nSPS) is 20.6. The fourth-order valence-electron chi connectivity index (χ4n) is 4.58. The average Bonchev–Trinajstić information content (AvgIpc) is 3.05. The lowest BCUT2D eigenvalue weighted by Gasteiger charge is -2.29. The highest BCUT2D eigenvalue weighted by molar-refractivity contribution is 5.98. The van der Waals surface area contributed by atoms with E-state index in [2.05, 4.69) is 16.9 Å². The number of amides is 1. The van der Waals surface area contributed by atoms with E-state index < -0.39 is 48.6 Å². The van der Waals surface area contributed by atoms with Crippen molar-refractivity contribution in [2.45, 2.75) is 38.2 Å². The maximum absolute atomic E-state index is 13.4. The third-order valence-electron chi connectivity index (χ3n) is 6.68. The molecule has 42 heavy (non-hydrogen) atoms. The molecule has 3 aromatic rings. The van der Waals surface area contributed by atoms with Crippen LogP contribution in [-0.2, 0) is 36.8 Å². The maximum atomic E-state index is 13.4. The third-order valence-corrected chi connectivity index (χ3v) is 6.68. The number of ether oxygens (including phenoxy) is 5. The zero-order valence-corrected chi connectivity index (χ0v) is 23.6. The second-order valence-corrected chi connectivity index (χ2v) is 9.65. The zero-order chi connectivity index (χ0) is 29.9. The molecule has 4 unspecified atom stereocenters. The number of hydrogen-bond donors (Lipinski definition) is 1. The number of pyridine rings is 1. The summed E-state index contributed by atoms with van der Waals surface area (Å²) < 4.78 is 28.5. The van der Waals surface area contributed by atoms with Gasteiger partial charge in [0.1, 0.15) is 25.4 Å². The van der Waals surface area contributed by atoms with Crippen LogP contribution in [0.15, 0.2) is 85.6 Å². The van der Waals surface area contributed by atoms with Crippen LogP contribution in [0.4, 0.5) is 0 Å². The predicted molar refractivity (Wildman–Crippen MR) is 153 cm³/mol. The molecular weight excluding hydrogens is 540 g/mol. The molecule has 0 aliphatic carbocycles. The number of esters is 2. The zero-order valence-electron chi connectivity index (χ0n) is 23.6. The van der Waals surface area contributed by atoms with Crippen LogP contribution in [0.3, 0.4) is 0 Å². The number of nitrogens with zero attached hydrogens (tertiary/aromatic N) is 1. The number of hydrogen-bond acceptors (Lipinski definition) is 9. The molecule has 10 heteroatoms. The van der Waals surface area contributed by atoms with Gasteiger partial charge < -0.3 is 29.0 Å². The molecule has 1 N–H and O–H groups in total. The van der Waals surface area contributed by atoms with E-state index >= 15 is 0 Å². The maximum Gasteiger partial charge on any atom is 0.332 e. The first-order chi connectivity index (χ1) is 20.4. The van der Waals surface area contributed by atoms with Crippen LogP contribution in [-0.4, -0.2) is 61.4 Å². The third kappa shape index (κ3) is 7.73. The monoisotopic (exact) mass is 574 g/mol. The summed E-state index contributed by atoms with van der Waals surface area (Å²) in [4.78, 5) is 44.2. The number of cyclic esters (lactones) is 2. The molecule has 1 amide bonds. The molecule has 1 aromatic heterocycles. The van der Waals surface area contributed by atoms with Crippen molar-refractivity contribution in [3.63, 3.8) is 0 Å². The van der Waals surface area contributed by atoms with Crippen LogP contribution in [0.25, 0.3) is 0 Å². The van der Waals surface area contributed by atoms with E-state index in [1.807, 2.05) is 60.7 Å². The lowest BCUT2D eigenvalue weighted by atomic mass is 9.91. The lowest BCUT2D eigenvalue weighted by Crippen LogP contribution is -2.46. The van der Waals surface area contributed by atoms with Crippen molar-refractivity contribution in [3.05, 3.63) is 102 Å². The summed E-state index contributed by atoms with van der Waals surface area (Å²) in [6.45, 7) is 5.16. The summed E-state index contributed by atoms with van der Waals surface area (Å²) in [5.41, 5.74) is 1.65. The molecule has 10 nitrogen and oxygen atoms in total. The van der Waals surface area contributed by atoms with Crippen LogP contribution in [0.5, 0.6) is 11.5 Å². The molecule has 2 aromatic carbocycles. The number of nitrogens with one attached hydrogen (secondary N) is 1. The van der Waals surface area contributed by atoms with E-state index in [1.54, 1.807) is 19.1 Å². The van der Waals surface area contributed by atoms with Gasteiger partial charge in [0, 0.05) is 12.3 Å². The molecule has 1 aliphatic heterocycles. The summed E-state index contributed by atoms with van der Waals surface area (Å²) in [5, 5.41) is 2.59. The van der Waals surface area contributed by atoms with Crippen LogP contribution in [0.1, 0.15) is 28.5 Å². The number of carbonyl (C=O) groups excluding carboxylic acids is 3. The van der Waals surface area contributed by atoms with Crippen LogP contribution in [0.2, 0.25) is 0 Å². The van der Waals surface area contributed by atoms with Gasteiger partial charge in [-0.15, -0.1) is 6.58 Å². The van der Waals surface area contributed by atoms with Gasteiger partial charge in [-0.3, -0.25) is 9.59 Å². The van der Waals surface area contributed by atoms with Crippen molar-refractivity contribution < 1.29 is 38.1 Å². The van der Waals surface area contributed by atoms with Crippen molar-refractivity contribution in [3.8, 4) is 11.5 Å². The second kappa shape index (κ2) is 14.8. The molecular formula is C32H34N2O8. The summed E-state index contributed by atoms with van der Waals surface area (Å²) >= 11 is 0. The van der Waals surface area contributed by atoms with E-state index in [1.165, 1.54) is 13.3 Å². The number of rotatable bonds is 11. The van der Waals surface area contributed by atoms with Crippen molar-refractivity contribution in [2.24, 2.45) is 5.92 Å². The SMILES string of the molecule is C=CCOC1C(C)OC(=O)C(NC(=O)c2nccc(OC)c2OCc2ccccc2)COC(=O)C1Cc1ccccc1.